The van der Waals surface area contributed by atoms with Crippen LogP contribution in [0.15, 0.2) is 42.6 Å². The predicted octanol–water partition coefficient (Wildman–Crippen LogP) is 2.09. The second kappa shape index (κ2) is 6.31. The van der Waals surface area contributed by atoms with Crippen LogP contribution in [0.4, 0.5) is 5.82 Å². The van der Waals surface area contributed by atoms with E-state index in [2.05, 4.69) is 4.98 Å². The molecule has 1 atom stereocenters. The lowest BCUT2D eigenvalue weighted by atomic mass is 10.0. The number of pyridine rings is 1. The van der Waals surface area contributed by atoms with Crippen LogP contribution in [0.2, 0.25) is 0 Å². The van der Waals surface area contributed by atoms with Crippen LogP contribution in [0.5, 0.6) is 0 Å². The van der Waals surface area contributed by atoms with Gasteiger partial charge in [-0.1, -0.05) is 30.3 Å². The molecule has 1 heterocycles. The zero-order valence-corrected chi connectivity index (χ0v) is 10.9. The Morgan fingerprint density at radius 1 is 1.26 bits per heavy atom. The topological polar surface area (TPSA) is 68.4 Å². The molecule has 0 aliphatic rings. The van der Waals surface area contributed by atoms with Crippen molar-refractivity contribution in [2.24, 2.45) is 0 Å². The highest BCUT2D eigenvalue weighted by Crippen LogP contribution is 2.21. The van der Waals surface area contributed by atoms with Crippen LogP contribution in [-0.4, -0.2) is 17.2 Å². The first-order chi connectivity index (χ1) is 9.20. The predicted molar refractivity (Wildman–Crippen MR) is 74.5 cm³/mol. The second-order valence-electron chi connectivity index (χ2n) is 4.44. The molecular formula is C15H18N2O2. The van der Waals surface area contributed by atoms with Crippen LogP contribution in [0.25, 0.3) is 0 Å². The number of aromatic nitrogens is 1. The number of aliphatic hydroxyl groups excluding tert-OH is 1. The number of methoxy groups -OCH3 is 1. The van der Waals surface area contributed by atoms with E-state index in [4.69, 9.17) is 10.5 Å². The SMILES string of the molecule is COCc1ccc(C(O)Cc2cccnc2N)cc1. The minimum Gasteiger partial charge on any atom is -0.388 e. The minimum absolute atomic E-state index is 0.462. The molecule has 0 aliphatic heterocycles. The lowest BCUT2D eigenvalue weighted by molar-refractivity contribution is 0.177. The monoisotopic (exact) mass is 258 g/mol. The first kappa shape index (κ1) is 13.5. The number of nitrogen functional groups attached to an aromatic ring is 1. The van der Waals surface area contributed by atoms with Crippen LogP contribution in [0, 0.1) is 0 Å². The molecule has 0 saturated heterocycles. The van der Waals surface area contributed by atoms with Crippen molar-refractivity contribution in [2.45, 2.75) is 19.1 Å². The normalized spacial score (nSPS) is 12.3. The number of nitrogens with zero attached hydrogens (tertiary/aromatic N) is 1. The second-order valence-corrected chi connectivity index (χ2v) is 4.44. The molecule has 0 amide bonds. The highest BCUT2D eigenvalue weighted by atomic mass is 16.5. The summed E-state index contributed by atoms with van der Waals surface area (Å²) in [5.41, 5.74) is 8.58. The maximum atomic E-state index is 10.2. The van der Waals surface area contributed by atoms with Gasteiger partial charge in [0.05, 0.1) is 12.7 Å². The Morgan fingerprint density at radius 2 is 2.00 bits per heavy atom. The van der Waals surface area contributed by atoms with E-state index in [9.17, 15) is 5.11 Å². The Hall–Kier alpha value is -1.91. The molecular weight excluding hydrogens is 240 g/mol. The molecule has 2 rings (SSSR count). The van der Waals surface area contributed by atoms with E-state index in [1.165, 1.54) is 0 Å². The first-order valence-corrected chi connectivity index (χ1v) is 6.16. The molecule has 0 saturated carbocycles. The van der Waals surface area contributed by atoms with Crippen LogP contribution >= 0.6 is 0 Å². The first-order valence-electron chi connectivity index (χ1n) is 6.16. The maximum absolute atomic E-state index is 10.2. The zero-order valence-electron chi connectivity index (χ0n) is 10.9. The molecule has 100 valence electrons. The van der Waals surface area contributed by atoms with Crippen LogP contribution in [-0.2, 0) is 17.8 Å². The van der Waals surface area contributed by atoms with Crippen molar-refractivity contribution < 1.29 is 9.84 Å². The molecule has 0 radical (unpaired) electrons. The van der Waals surface area contributed by atoms with Crippen LogP contribution < -0.4 is 5.73 Å². The van der Waals surface area contributed by atoms with Crippen molar-refractivity contribution in [3.05, 3.63) is 59.3 Å². The van der Waals surface area contributed by atoms with Crippen molar-refractivity contribution in [1.82, 2.24) is 4.98 Å². The summed E-state index contributed by atoms with van der Waals surface area (Å²) in [5.74, 6) is 0.470. The van der Waals surface area contributed by atoms with Crippen molar-refractivity contribution in [2.75, 3.05) is 12.8 Å². The highest BCUT2D eigenvalue weighted by Gasteiger charge is 2.10. The van der Waals surface area contributed by atoms with Crippen molar-refractivity contribution in [3.8, 4) is 0 Å². The number of anilines is 1. The van der Waals surface area contributed by atoms with Gasteiger partial charge < -0.3 is 15.6 Å². The summed E-state index contributed by atoms with van der Waals surface area (Å²) in [5, 5.41) is 10.2. The molecule has 2 aromatic rings. The Morgan fingerprint density at radius 3 is 2.63 bits per heavy atom. The highest BCUT2D eigenvalue weighted by molar-refractivity contribution is 5.39. The Labute approximate surface area is 112 Å². The third-order valence-electron chi connectivity index (χ3n) is 3.01. The maximum Gasteiger partial charge on any atom is 0.126 e. The number of aliphatic hydroxyl groups is 1. The van der Waals surface area contributed by atoms with E-state index in [1.54, 1.807) is 13.3 Å². The molecule has 3 N–H and O–H groups in total. The van der Waals surface area contributed by atoms with Gasteiger partial charge in [0.2, 0.25) is 0 Å². The van der Waals surface area contributed by atoms with Gasteiger partial charge in [-0.05, 0) is 22.8 Å². The van der Waals surface area contributed by atoms with Gasteiger partial charge in [0, 0.05) is 19.7 Å². The summed E-state index contributed by atoms with van der Waals surface area (Å²) in [6.07, 6.45) is 1.52. The molecule has 0 spiro atoms. The van der Waals surface area contributed by atoms with Gasteiger partial charge in [0.1, 0.15) is 5.82 Å². The fraction of sp³-hybridized carbons (Fsp3) is 0.267. The van der Waals surface area contributed by atoms with Crippen molar-refractivity contribution in [1.29, 1.82) is 0 Å². The van der Waals surface area contributed by atoms with E-state index < -0.39 is 6.10 Å². The molecule has 0 aliphatic carbocycles. The van der Waals surface area contributed by atoms with Gasteiger partial charge in [-0.2, -0.15) is 0 Å². The third-order valence-corrected chi connectivity index (χ3v) is 3.01. The smallest absolute Gasteiger partial charge is 0.126 e. The number of rotatable bonds is 5. The van der Waals surface area contributed by atoms with Gasteiger partial charge in [0.25, 0.3) is 0 Å². The number of hydrogen-bond acceptors (Lipinski definition) is 4. The molecule has 0 fully saturated rings. The van der Waals surface area contributed by atoms with Crippen LogP contribution in [0.3, 0.4) is 0 Å². The van der Waals surface area contributed by atoms with E-state index >= 15 is 0 Å². The van der Waals surface area contributed by atoms with Gasteiger partial charge in [-0.3, -0.25) is 0 Å². The average Bonchev–Trinajstić information content (AvgIpc) is 2.42. The van der Waals surface area contributed by atoms with Gasteiger partial charge >= 0.3 is 0 Å². The number of nitrogens with two attached hydrogens (primary N) is 1. The largest absolute Gasteiger partial charge is 0.388 e. The lowest BCUT2D eigenvalue weighted by Gasteiger charge is -2.12. The van der Waals surface area contributed by atoms with Crippen molar-refractivity contribution >= 4 is 5.82 Å². The summed E-state index contributed by atoms with van der Waals surface area (Å²) < 4.78 is 5.05. The molecule has 1 aromatic heterocycles. The van der Waals surface area contributed by atoms with Crippen LogP contribution in [0.1, 0.15) is 22.8 Å². The fourth-order valence-corrected chi connectivity index (χ4v) is 1.95. The summed E-state index contributed by atoms with van der Waals surface area (Å²) in [6.45, 7) is 0.575. The van der Waals surface area contributed by atoms with Gasteiger partial charge in [-0.15, -0.1) is 0 Å². The quantitative estimate of drug-likeness (QED) is 0.861. The molecule has 1 unspecified atom stereocenters. The molecule has 4 heteroatoms. The number of hydrogen-bond donors (Lipinski definition) is 2. The van der Waals surface area contributed by atoms with Crippen molar-refractivity contribution in [3.63, 3.8) is 0 Å². The summed E-state index contributed by atoms with van der Waals surface area (Å²) in [6, 6.07) is 11.4. The average molecular weight is 258 g/mol. The summed E-state index contributed by atoms with van der Waals surface area (Å²) >= 11 is 0. The zero-order chi connectivity index (χ0) is 13.7. The summed E-state index contributed by atoms with van der Waals surface area (Å²) in [7, 11) is 1.66. The Bertz CT molecular complexity index is 526. The Kier molecular flexibility index (Phi) is 4.49. The number of benzene rings is 1. The Balaban J connectivity index is 2.07. The molecule has 19 heavy (non-hydrogen) atoms. The molecule has 0 bridgehead atoms. The van der Waals surface area contributed by atoms with Gasteiger partial charge in [-0.25, -0.2) is 4.98 Å². The lowest BCUT2D eigenvalue weighted by Crippen LogP contribution is -2.05. The molecule has 1 aromatic carbocycles. The van der Waals surface area contributed by atoms with E-state index in [1.807, 2.05) is 36.4 Å². The standard InChI is InChI=1S/C15H18N2O2/c1-19-10-11-4-6-12(7-5-11)14(18)9-13-3-2-8-17-15(13)16/h2-8,14,18H,9-10H2,1H3,(H2,16,17). The summed E-state index contributed by atoms with van der Waals surface area (Å²) in [4.78, 5) is 4.01. The number of ether oxygens (including phenoxy) is 1. The minimum atomic E-state index is -0.580. The third kappa shape index (κ3) is 3.53. The van der Waals surface area contributed by atoms with Gasteiger partial charge in [0.15, 0.2) is 0 Å². The van der Waals surface area contributed by atoms with E-state index in [0.29, 0.717) is 18.8 Å². The van der Waals surface area contributed by atoms with E-state index in [-0.39, 0.29) is 0 Å². The molecule has 4 nitrogen and oxygen atoms in total. The van der Waals surface area contributed by atoms with E-state index in [0.717, 1.165) is 16.7 Å². The fourth-order valence-electron chi connectivity index (χ4n) is 1.95.